The molecule has 10 N–H and O–H groups in total. The largest absolute Gasteiger partial charge is 1.00 e. The van der Waals surface area contributed by atoms with Gasteiger partial charge < -0.3 is 224 Å². The van der Waals surface area contributed by atoms with E-state index < -0.39 is 99.1 Å². The van der Waals surface area contributed by atoms with E-state index in [0.29, 0.717) is 39.3 Å². The van der Waals surface area contributed by atoms with Crippen LogP contribution in [0.2, 0.25) is 0 Å². The van der Waals surface area contributed by atoms with Gasteiger partial charge in [-0.05, 0) is 224 Å². The van der Waals surface area contributed by atoms with Gasteiger partial charge >= 0.3 is 43.1 Å². The Labute approximate surface area is 907 Å². The molecule has 0 radical (unpaired) electrons. The molecular weight excluding hydrogens is 2270 g/mol. The summed E-state index contributed by atoms with van der Waals surface area (Å²) in [6, 6.07) is 16.6. The summed E-state index contributed by atoms with van der Waals surface area (Å²) in [6.07, 6.45) is 0. The third-order valence-electron chi connectivity index (χ3n) is 25.4. The van der Waals surface area contributed by atoms with Gasteiger partial charge in [-0.1, -0.05) is 12.1 Å². The van der Waals surface area contributed by atoms with Gasteiger partial charge in [-0.25, -0.2) is 0 Å². The van der Waals surface area contributed by atoms with Crippen molar-refractivity contribution >= 4 is 98.9 Å². The van der Waals surface area contributed by atoms with E-state index in [4.69, 9.17) is 86.2 Å². The minimum Gasteiger partial charge on any atom is -1.00 e. The van der Waals surface area contributed by atoms with Gasteiger partial charge in [0.15, 0.2) is 0 Å². The normalized spacial score (nSPS) is 19.6. The maximum Gasteiger partial charge on any atom is 0.714 e. The summed E-state index contributed by atoms with van der Waals surface area (Å²) in [6.45, 7) is 55.9. The van der Waals surface area contributed by atoms with Crippen LogP contribution in [0.1, 0.15) is 211 Å². The molecule has 6 fully saturated rings. The topological polar surface area (TPSA) is 314 Å². The summed E-state index contributed by atoms with van der Waals surface area (Å²) in [4.78, 5) is 0. The number of quaternary nitrogens is 8. The van der Waals surface area contributed by atoms with Gasteiger partial charge in [0.2, 0.25) is 0 Å². The van der Waals surface area contributed by atoms with E-state index in [9.17, 15) is 10.2 Å². The van der Waals surface area contributed by atoms with Crippen LogP contribution in [0.5, 0.6) is 23.0 Å². The second kappa shape index (κ2) is 51.5. The molecular formula is C92H180B6Br8N8O22+2. The predicted molar refractivity (Wildman–Crippen MR) is 538 cm³/mol. The van der Waals surface area contributed by atoms with Crippen molar-refractivity contribution in [1.29, 1.82) is 0 Å². The molecule has 30 nitrogen and oxygen atoms in total. The van der Waals surface area contributed by atoms with Gasteiger partial charge in [-0.3, -0.25) is 21.0 Å². The third-order valence-corrected chi connectivity index (χ3v) is 25.4. The lowest BCUT2D eigenvalue weighted by molar-refractivity contribution is -0.884. The highest BCUT2D eigenvalue weighted by molar-refractivity contribution is 8.93. The zero-order chi connectivity index (χ0) is 97.9. The third kappa shape index (κ3) is 40.1. The first-order chi connectivity index (χ1) is 56.1. The Morgan fingerprint density at radius 3 is 0.537 bits per heavy atom. The number of aromatic hydroxyl groups is 2. The summed E-state index contributed by atoms with van der Waals surface area (Å²) in [7, 11) is 48.5. The van der Waals surface area contributed by atoms with E-state index in [1.807, 2.05) is 73.6 Å². The zero-order valence-corrected chi connectivity index (χ0v) is 105. The molecule has 44 heteroatoms. The van der Waals surface area contributed by atoms with Crippen LogP contribution >= 0.6 is 34.0 Å². The van der Waals surface area contributed by atoms with E-state index in [1.54, 1.807) is 0 Å². The monoisotopic (exact) mass is 2450 g/mol. The molecule has 0 aromatic heterocycles. The maximum absolute atomic E-state index is 10.6. The minimum atomic E-state index is -0.775. The Bertz CT molecular complexity index is 4210. The second-order valence-corrected chi connectivity index (χ2v) is 49.9. The van der Waals surface area contributed by atoms with Gasteiger partial charge in [0.05, 0.1) is 247 Å². The van der Waals surface area contributed by atoms with E-state index in [-0.39, 0.29) is 158 Å². The number of nitrogens with zero attached hydrogens (tertiary/aromatic N) is 8. The molecule has 0 saturated carbocycles. The zero-order valence-electron chi connectivity index (χ0n) is 91.8. The van der Waals surface area contributed by atoms with Crippen LogP contribution in [0.25, 0.3) is 0 Å². The first-order valence-corrected chi connectivity index (χ1v) is 44.4. The van der Waals surface area contributed by atoms with Crippen LogP contribution in [0.15, 0.2) is 48.5 Å². The van der Waals surface area contributed by atoms with Crippen molar-refractivity contribution in [2.75, 3.05) is 169 Å². The van der Waals surface area contributed by atoms with Gasteiger partial charge in [0, 0.05) is 33.4 Å². The number of halogens is 8. The molecule has 6 saturated heterocycles. The van der Waals surface area contributed by atoms with Crippen molar-refractivity contribution in [1.82, 2.24) is 0 Å². The van der Waals surface area contributed by atoms with Crippen LogP contribution in [0.4, 0.5) is 0 Å². The van der Waals surface area contributed by atoms with Gasteiger partial charge in [-0.2, -0.15) is 0 Å². The number of hydrogen-bond acceptors (Lipinski definition) is 20. The molecule has 0 atom stereocenters. The van der Waals surface area contributed by atoms with Gasteiger partial charge in [0.25, 0.3) is 0 Å². The molecule has 792 valence electrons. The molecule has 10 rings (SSSR count). The molecule has 0 amide bonds. The van der Waals surface area contributed by atoms with Gasteiger partial charge in [-0.15, -0.1) is 34.0 Å². The molecule has 136 heavy (non-hydrogen) atoms. The van der Waals surface area contributed by atoms with E-state index in [1.165, 1.54) is 11.1 Å². The van der Waals surface area contributed by atoms with Gasteiger partial charge in [0.1, 0.15) is 75.4 Å². The van der Waals surface area contributed by atoms with Crippen LogP contribution in [-0.2, 0) is 108 Å². The molecule has 0 spiro atoms. The molecule has 4 aromatic rings. The lowest BCUT2D eigenvalue weighted by Crippen LogP contribution is -3.00. The van der Waals surface area contributed by atoms with Crippen LogP contribution in [0.3, 0.4) is 0 Å². The Balaban J connectivity index is -0.000000402. The highest BCUT2D eigenvalue weighted by atomic mass is 79.9. The molecule has 6 heterocycles. The first kappa shape index (κ1) is 146. The van der Waals surface area contributed by atoms with Crippen molar-refractivity contribution < 1.29 is 245 Å². The molecule has 0 unspecified atom stereocenters. The average Bonchev–Trinajstić information content (AvgIpc) is 1.59. The fourth-order valence-electron chi connectivity index (χ4n) is 14.8. The van der Waals surface area contributed by atoms with Crippen molar-refractivity contribution in [3.05, 3.63) is 93.0 Å². The lowest BCUT2D eigenvalue weighted by Gasteiger charge is -2.32. The summed E-state index contributed by atoms with van der Waals surface area (Å²) < 4.78 is 94.7. The summed E-state index contributed by atoms with van der Waals surface area (Å²) in [5, 5.41) is 45.2. The first-order valence-electron chi connectivity index (χ1n) is 44.4. The summed E-state index contributed by atoms with van der Waals surface area (Å²) in [5.74, 6) is 2.12. The average molecular weight is 2450 g/mol. The Morgan fingerprint density at radius 2 is 0.338 bits per heavy atom. The highest BCUT2D eigenvalue weighted by Gasteiger charge is 2.60. The second-order valence-electron chi connectivity index (χ2n) is 49.9. The maximum atomic E-state index is 10.6. The van der Waals surface area contributed by atoms with Crippen molar-refractivity contribution in [2.45, 2.75) is 286 Å². The standard InChI is InChI=1S/C26H48B2N2O5.C26H48B2N2O4.C20H36BN2O4.C20H36BN2O3.8BrH.2H2O2.2H2O/c1-23(2)24(3,4)33-27(32-23)21-15-20(18-30(12,13)14)22(16-19(21)17-29(9,10)11)31-28-34-25(5,6)26(7,8)35-28;1-23(2)24(3,4)32-27(31-23)21-15-20(18-30(12,13)14)22(16-19(21)17-29(9,10)11)28-33-25(5,6)26(7,8)34-28;1-19(2)20(3,4)27-21(26-19)25-18-12-15(13-22(5,6)7)17(24)11-16(18)14-23(8,9)10;1-19(2)20(3,4)26-21(25-19)17-11-16(14-23(8,9)10)18(24)12-15(17)13-22(5,6)7;;;;;;;;;2*1-2;;/h15-16H,17-18H2,1-14H3;15-16H,17-18H2,1-14H3;11-12H,13-14H2,1-10H3;11-12H,13-14H2,1-10H3;8*1H;2*1-2H;2*1H2/q2*+2;2*+1;;;;;;;;;;;;/p-4. The SMILES string of the molecule is Br.Br.CC1(C)OB(Oc2cc(C[N+](C)(C)C)c(B3OC(C)(C)C(C)(C)O3)cc2C[N+](C)(C)C)OC1(C)C.CC1(C)OB(Oc2cc(C[N+](C)(C)C)c(O)cc2C[N+](C)(C)C)OC1(C)C.CC1(C)OB(c2cc(C[N+](C)(C)C)c(B3OC(C)(C)C(C)(C)O3)cc2C[N+](C)(C)C)OC1(C)C.CC1(C)OB(c2cc(C[N+](C)(C)C)c(O)cc2C[N+](C)(C)C)OC1(C)C.O.O.OO.OO.[Br-].[Br-].[Br-].[Br-].[Br-].[Br-]. The van der Waals surface area contributed by atoms with E-state index in [2.05, 4.69) is 310 Å². The van der Waals surface area contributed by atoms with Crippen molar-refractivity contribution in [3.8, 4) is 23.0 Å². The Hall–Kier alpha value is -0.730. The molecule has 0 aliphatic carbocycles. The van der Waals surface area contributed by atoms with E-state index >= 15 is 0 Å². The fraction of sp³-hybridized carbons (Fsp3) is 0.739. The number of rotatable bonds is 24. The Morgan fingerprint density at radius 1 is 0.213 bits per heavy atom. The minimum absolute atomic E-state index is 0. The van der Waals surface area contributed by atoms with Crippen molar-refractivity contribution in [2.24, 2.45) is 0 Å². The highest BCUT2D eigenvalue weighted by Crippen LogP contribution is 2.45. The van der Waals surface area contributed by atoms with Crippen LogP contribution < -0.4 is 133 Å². The molecule has 6 aliphatic heterocycles. The number of phenols is 2. The lowest BCUT2D eigenvalue weighted by atomic mass is 9.68. The molecule has 6 aliphatic rings. The molecule has 0 bridgehead atoms. The number of benzene rings is 4. The molecule has 4 aromatic carbocycles. The number of hydrogen-bond donors (Lipinski definition) is 6. The van der Waals surface area contributed by atoms with Crippen LogP contribution in [0, 0.1) is 0 Å². The predicted octanol–water partition coefficient (Wildman–Crippen LogP) is -7.50. The smallest absolute Gasteiger partial charge is 0.714 e. The summed E-state index contributed by atoms with van der Waals surface area (Å²) in [5.41, 5.74) is 7.67. The summed E-state index contributed by atoms with van der Waals surface area (Å²) >= 11 is 0. The Kier molecular flexibility index (Phi) is 55.2. The quantitative estimate of drug-likeness (QED) is 0.0164. The number of phenolic OH excluding ortho intramolecular Hbond substituents is 2. The van der Waals surface area contributed by atoms with Crippen molar-refractivity contribution in [3.63, 3.8) is 0 Å². The van der Waals surface area contributed by atoms with Crippen LogP contribution in [-0.4, -0.2) is 358 Å². The van der Waals surface area contributed by atoms with E-state index in [0.717, 1.165) is 127 Å². The fourth-order valence-corrected chi connectivity index (χ4v) is 14.8.